The Balaban J connectivity index is 1.92. The van der Waals surface area contributed by atoms with Gasteiger partial charge in [0.2, 0.25) is 0 Å². The molecule has 0 radical (unpaired) electrons. The van der Waals surface area contributed by atoms with Crippen LogP contribution >= 0.6 is 11.3 Å². The van der Waals surface area contributed by atoms with Crippen LogP contribution in [0.2, 0.25) is 0 Å². The van der Waals surface area contributed by atoms with E-state index in [4.69, 9.17) is 4.74 Å². The zero-order valence-electron chi connectivity index (χ0n) is 10.6. The van der Waals surface area contributed by atoms with Crippen molar-refractivity contribution in [3.63, 3.8) is 0 Å². The summed E-state index contributed by atoms with van der Waals surface area (Å²) >= 11 is 1.83. The lowest BCUT2D eigenvalue weighted by atomic mass is 10.1. The monoisotopic (exact) mass is 253 g/mol. The van der Waals surface area contributed by atoms with Gasteiger partial charge in [0.15, 0.2) is 0 Å². The molecular formula is C13H19NO2S. The van der Waals surface area contributed by atoms with Gasteiger partial charge in [-0.15, -0.1) is 11.3 Å². The quantitative estimate of drug-likeness (QED) is 0.894. The van der Waals surface area contributed by atoms with Gasteiger partial charge in [-0.25, -0.2) is 0 Å². The van der Waals surface area contributed by atoms with E-state index < -0.39 is 5.60 Å². The fourth-order valence-electron chi connectivity index (χ4n) is 1.95. The number of aryl methyl sites for hydroxylation is 2. The largest absolute Gasteiger partial charge is 0.369 e. The zero-order valence-corrected chi connectivity index (χ0v) is 11.4. The Kier molecular flexibility index (Phi) is 3.54. The average Bonchev–Trinajstić information content (AvgIpc) is 2.85. The van der Waals surface area contributed by atoms with Crippen molar-refractivity contribution in [1.29, 1.82) is 0 Å². The van der Waals surface area contributed by atoms with Gasteiger partial charge in [-0.1, -0.05) is 0 Å². The van der Waals surface area contributed by atoms with E-state index >= 15 is 0 Å². The van der Waals surface area contributed by atoms with Crippen molar-refractivity contribution in [2.75, 3.05) is 7.11 Å². The van der Waals surface area contributed by atoms with Crippen LogP contribution in [0.3, 0.4) is 0 Å². The third-order valence-electron chi connectivity index (χ3n) is 3.28. The highest BCUT2D eigenvalue weighted by Crippen LogP contribution is 2.30. The maximum Gasteiger partial charge on any atom is 0.251 e. The number of ether oxygens (including phenoxy) is 1. The lowest BCUT2D eigenvalue weighted by Crippen LogP contribution is -2.43. The highest BCUT2D eigenvalue weighted by Gasteiger charge is 2.26. The number of nitrogens with one attached hydrogen (secondary N) is 1. The molecule has 2 rings (SSSR count). The minimum absolute atomic E-state index is 0.0615. The molecule has 0 unspecified atom stereocenters. The average molecular weight is 253 g/mol. The van der Waals surface area contributed by atoms with Gasteiger partial charge in [-0.3, -0.25) is 4.79 Å². The van der Waals surface area contributed by atoms with Crippen LogP contribution in [0, 0.1) is 0 Å². The molecule has 17 heavy (non-hydrogen) atoms. The van der Waals surface area contributed by atoms with E-state index in [-0.39, 0.29) is 5.91 Å². The highest BCUT2D eigenvalue weighted by molar-refractivity contribution is 7.12. The molecule has 4 heteroatoms. The Morgan fingerprint density at radius 3 is 2.94 bits per heavy atom. The summed E-state index contributed by atoms with van der Waals surface area (Å²) in [4.78, 5) is 14.6. The number of methoxy groups -OCH3 is 1. The van der Waals surface area contributed by atoms with E-state index in [1.807, 2.05) is 11.3 Å². The molecule has 1 aliphatic carbocycles. The number of rotatable bonds is 4. The van der Waals surface area contributed by atoms with Crippen LogP contribution in [0.15, 0.2) is 6.07 Å². The van der Waals surface area contributed by atoms with E-state index in [9.17, 15) is 4.79 Å². The van der Waals surface area contributed by atoms with Gasteiger partial charge in [0, 0.05) is 16.9 Å². The van der Waals surface area contributed by atoms with Gasteiger partial charge < -0.3 is 10.1 Å². The molecule has 0 saturated carbocycles. The summed E-state index contributed by atoms with van der Waals surface area (Å²) in [6.07, 6.45) is 3.69. The number of hydrogen-bond donors (Lipinski definition) is 1. The SMILES string of the molecule is COC(C)(C)C(=O)NCc1cc2c(s1)CCC2. The molecule has 0 fully saturated rings. The van der Waals surface area contributed by atoms with Gasteiger partial charge in [-0.2, -0.15) is 0 Å². The number of amides is 1. The summed E-state index contributed by atoms with van der Waals surface area (Å²) in [6, 6.07) is 2.23. The second-order valence-electron chi connectivity index (χ2n) is 4.91. The highest BCUT2D eigenvalue weighted by atomic mass is 32.1. The molecule has 0 saturated heterocycles. The van der Waals surface area contributed by atoms with Crippen molar-refractivity contribution >= 4 is 17.2 Å². The van der Waals surface area contributed by atoms with Gasteiger partial charge in [-0.05, 0) is 44.7 Å². The first-order valence-electron chi connectivity index (χ1n) is 5.97. The summed E-state index contributed by atoms with van der Waals surface area (Å²) in [5.74, 6) is -0.0615. The second-order valence-corrected chi connectivity index (χ2v) is 6.13. The Hall–Kier alpha value is -0.870. The predicted molar refractivity (Wildman–Crippen MR) is 69.3 cm³/mol. The van der Waals surface area contributed by atoms with Gasteiger partial charge in [0.05, 0.1) is 6.54 Å². The summed E-state index contributed by atoms with van der Waals surface area (Å²) in [6.45, 7) is 4.16. The molecule has 0 aromatic carbocycles. The first-order chi connectivity index (χ1) is 8.03. The van der Waals surface area contributed by atoms with E-state index in [0.717, 1.165) is 0 Å². The van der Waals surface area contributed by atoms with Crippen LogP contribution in [0.1, 0.15) is 35.6 Å². The predicted octanol–water partition coefficient (Wildman–Crippen LogP) is 2.28. The van der Waals surface area contributed by atoms with Crippen molar-refractivity contribution < 1.29 is 9.53 Å². The van der Waals surface area contributed by atoms with Gasteiger partial charge in [0.1, 0.15) is 5.60 Å². The third kappa shape index (κ3) is 2.69. The maximum absolute atomic E-state index is 11.8. The Labute approximate surface area is 106 Å². The first-order valence-corrected chi connectivity index (χ1v) is 6.78. The first kappa shape index (κ1) is 12.6. The molecule has 0 spiro atoms. The fourth-order valence-corrected chi connectivity index (χ4v) is 3.15. The summed E-state index contributed by atoms with van der Waals surface area (Å²) in [7, 11) is 1.55. The van der Waals surface area contributed by atoms with Crippen molar-refractivity contribution in [2.24, 2.45) is 0 Å². The van der Waals surface area contributed by atoms with Gasteiger partial charge >= 0.3 is 0 Å². The van der Waals surface area contributed by atoms with Crippen molar-refractivity contribution in [3.05, 3.63) is 21.4 Å². The van der Waals surface area contributed by atoms with Gasteiger partial charge in [0.25, 0.3) is 5.91 Å². The Bertz CT molecular complexity index is 402. The van der Waals surface area contributed by atoms with Crippen LogP contribution in [0.25, 0.3) is 0 Å². The molecule has 94 valence electrons. The minimum Gasteiger partial charge on any atom is -0.369 e. The standard InChI is InChI=1S/C13H19NO2S/c1-13(2,16-3)12(15)14-8-10-7-9-5-4-6-11(9)17-10/h7H,4-6,8H2,1-3H3,(H,14,15). The topological polar surface area (TPSA) is 38.3 Å². The molecule has 3 nitrogen and oxygen atoms in total. The number of carbonyl (C=O) groups excluding carboxylic acids is 1. The maximum atomic E-state index is 11.8. The molecule has 0 atom stereocenters. The molecule has 1 N–H and O–H groups in total. The molecule has 0 aliphatic heterocycles. The summed E-state index contributed by atoms with van der Waals surface area (Å²) in [5, 5.41) is 2.93. The number of fused-ring (bicyclic) bond motifs is 1. The molecule has 1 aromatic heterocycles. The molecule has 1 heterocycles. The second kappa shape index (κ2) is 4.78. The Morgan fingerprint density at radius 2 is 2.29 bits per heavy atom. The fraction of sp³-hybridized carbons (Fsp3) is 0.615. The number of carbonyl (C=O) groups is 1. The Morgan fingerprint density at radius 1 is 1.53 bits per heavy atom. The van der Waals surface area contributed by atoms with E-state index in [1.54, 1.807) is 21.0 Å². The third-order valence-corrected chi connectivity index (χ3v) is 4.52. The molecule has 0 bridgehead atoms. The number of thiophene rings is 1. The van der Waals surface area contributed by atoms with Crippen molar-refractivity contribution in [1.82, 2.24) is 5.32 Å². The van der Waals surface area contributed by atoms with Crippen molar-refractivity contribution in [2.45, 2.75) is 45.3 Å². The van der Waals surface area contributed by atoms with E-state index in [2.05, 4.69) is 11.4 Å². The summed E-state index contributed by atoms with van der Waals surface area (Å²) < 4.78 is 5.14. The molecule has 1 aromatic rings. The molecular weight excluding hydrogens is 234 g/mol. The normalized spacial score (nSPS) is 14.8. The summed E-state index contributed by atoms with van der Waals surface area (Å²) in [5.41, 5.74) is 0.727. The van der Waals surface area contributed by atoms with Crippen LogP contribution in [-0.2, 0) is 28.9 Å². The van der Waals surface area contributed by atoms with Crippen LogP contribution in [0.4, 0.5) is 0 Å². The van der Waals surface area contributed by atoms with Crippen LogP contribution in [0.5, 0.6) is 0 Å². The van der Waals surface area contributed by atoms with E-state index in [0.29, 0.717) is 6.54 Å². The number of hydrogen-bond acceptors (Lipinski definition) is 3. The zero-order chi connectivity index (χ0) is 12.5. The van der Waals surface area contributed by atoms with Crippen LogP contribution < -0.4 is 5.32 Å². The van der Waals surface area contributed by atoms with E-state index in [1.165, 1.54) is 34.6 Å². The molecule has 1 amide bonds. The lowest BCUT2D eigenvalue weighted by Gasteiger charge is -2.21. The lowest BCUT2D eigenvalue weighted by molar-refractivity contribution is -0.139. The molecule has 1 aliphatic rings. The smallest absolute Gasteiger partial charge is 0.251 e. The van der Waals surface area contributed by atoms with Crippen molar-refractivity contribution in [3.8, 4) is 0 Å². The minimum atomic E-state index is -0.750. The van der Waals surface area contributed by atoms with Crippen LogP contribution in [-0.4, -0.2) is 18.6 Å².